The van der Waals surface area contributed by atoms with Gasteiger partial charge in [0.25, 0.3) is 5.91 Å². The number of carbonyl (C=O) groups excluding carboxylic acids is 2. The number of carbonyl (C=O) groups is 2. The molecule has 2 rings (SSSR count). The number of rotatable bonds is 5. The molecule has 22 heavy (non-hydrogen) atoms. The molecule has 116 valence electrons. The summed E-state index contributed by atoms with van der Waals surface area (Å²) in [6, 6.07) is 5.49. The average Bonchev–Trinajstić information content (AvgIpc) is 2.84. The van der Waals surface area contributed by atoms with Crippen LogP contribution >= 0.6 is 27.7 Å². The van der Waals surface area contributed by atoms with Crippen molar-refractivity contribution < 1.29 is 9.59 Å². The van der Waals surface area contributed by atoms with Gasteiger partial charge in [0.15, 0.2) is 0 Å². The molecule has 0 bridgehead atoms. The van der Waals surface area contributed by atoms with Crippen LogP contribution in [0.4, 0.5) is 0 Å². The number of thioether (sulfide) groups is 1. The number of aromatic nitrogens is 2. The van der Waals surface area contributed by atoms with Crippen molar-refractivity contribution in [2.45, 2.75) is 5.75 Å². The second-order valence-corrected chi connectivity index (χ2v) is 6.41. The number of pyridine rings is 1. The highest BCUT2D eigenvalue weighted by molar-refractivity contribution is 9.10. The third-order valence-corrected chi connectivity index (χ3v) is 4.18. The fraction of sp³-hybridized carbons (Fsp3) is 0.214. The van der Waals surface area contributed by atoms with Crippen LogP contribution in [0, 0.1) is 0 Å². The van der Waals surface area contributed by atoms with Crippen LogP contribution in [0.25, 0.3) is 0 Å². The van der Waals surface area contributed by atoms with Crippen LogP contribution < -0.4 is 10.9 Å². The lowest BCUT2D eigenvalue weighted by atomic mass is 10.3. The third kappa shape index (κ3) is 4.88. The predicted octanol–water partition coefficient (Wildman–Crippen LogP) is 1.88. The van der Waals surface area contributed by atoms with Crippen molar-refractivity contribution in [3.05, 3.63) is 52.5 Å². The number of nitrogens with zero attached hydrogens (tertiary/aromatic N) is 2. The van der Waals surface area contributed by atoms with Crippen molar-refractivity contribution in [2.75, 3.05) is 5.75 Å². The molecule has 0 aliphatic rings. The molecular formula is C14H15BrN4O2S. The van der Waals surface area contributed by atoms with Crippen LogP contribution in [-0.2, 0) is 17.6 Å². The first-order chi connectivity index (χ1) is 10.6. The Kier molecular flexibility index (Phi) is 6.02. The summed E-state index contributed by atoms with van der Waals surface area (Å²) in [7, 11) is 1.76. The Morgan fingerprint density at radius 3 is 2.86 bits per heavy atom. The van der Waals surface area contributed by atoms with Gasteiger partial charge in [-0.2, -0.15) is 0 Å². The van der Waals surface area contributed by atoms with E-state index in [1.165, 1.54) is 11.8 Å². The summed E-state index contributed by atoms with van der Waals surface area (Å²) in [6.07, 6.45) is 5.23. The SMILES string of the molecule is Cn1cc(Br)cc1C(=O)NNC(=O)CSCc1cccnc1. The van der Waals surface area contributed by atoms with Crippen LogP contribution in [0.5, 0.6) is 0 Å². The molecule has 0 atom stereocenters. The molecule has 2 aromatic heterocycles. The van der Waals surface area contributed by atoms with Gasteiger partial charge in [-0.3, -0.25) is 25.4 Å². The summed E-state index contributed by atoms with van der Waals surface area (Å²) in [4.78, 5) is 27.6. The van der Waals surface area contributed by atoms with Crippen LogP contribution in [0.3, 0.4) is 0 Å². The van der Waals surface area contributed by atoms with E-state index in [0.717, 1.165) is 10.0 Å². The van der Waals surface area contributed by atoms with Crippen LogP contribution in [0.15, 0.2) is 41.3 Å². The Morgan fingerprint density at radius 1 is 1.41 bits per heavy atom. The van der Waals surface area contributed by atoms with Crippen LogP contribution in [-0.4, -0.2) is 27.1 Å². The van der Waals surface area contributed by atoms with Gasteiger partial charge in [0, 0.05) is 35.9 Å². The number of amides is 2. The molecule has 0 aromatic carbocycles. The molecule has 0 saturated carbocycles. The second kappa shape index (κ2) is 8.00. The summed E-state index contributed by atoms with van der Waals surface area (Å²) in [5.74, 6) is 0.334. The van der Waals surface area contributed by atoms with E-state index < -0.39 is 0 Å². The first-order valence-corrected chi connectivity index (χ1v) is 8.38. The molecule has 0 saturated heterocycles. The molecule has 2 heterocycles. The summed E-state index contributed by atoms with van der Waals surface area (Å²) in [5.41, 5.74) is 6.30. The molecule has 2 aromatic rings. The number of hydrazine groups is 1. The lowest BCUT2D eigenvalue weighted by molar-refractivity contribution is -0.119. The highest BCUT2D eigenvalue weighted by Crippen LogP contribution is 2.13. The lowest BCUT2D eigenvalue weighted by Gasteiger charge is -2.07. The zero-order valence-corrected chi connectivity index (χ0v) is 14.3. The van der Waals surface area contributed by atoms with Gasteiger partial charge in [-0.05, 0) is 33.6 Å². The molecule has 8 heteroatoms. The van der Waals surface area contributed by atoms with Crippen molar-refractivity contribution in [2.24, 2.45) is 7.05 Å². The van der Waals surface area contributed by atoms with Crippen molar-refractivity contribution in [3.63, 3.8) is 0 Å². The standard InChI is InChI=1S/C14H15BrN4O2S/c1-19-7-11(15)5-12(19)14(21)18-17-13(20)9-22-8-10-3-2-4-16-6-10/h2-7H,8-9H2,1H3,(H,17,20)(H,18,21). The van der Waals surface area contributed by atoms with E-state index >= 15 is 0 Å². The molecule has 2 amide bonds. The summed E-state index contributed by atoms with van der Waals surface area (Å²) >= 11 is 4.74. The fourth-order valence-electron chi connectivity index (χ4n) is 1.72. The predicted molar refractivity (Wildman–Crippen MR) is 89.1 cm³/mol. The van der Waals surface area contributed by atoms with E-state index in [4.69, 9.17) is 0 Å². The van der Waals surface area contributed by atoms with Gasteiger partial charge >= 0.3 is 0 Å². The average molecular weight is 383 g/mol. The number of aryl methyl sites for hydroxylation is 1. The topological polar surface area (TPSA) is 76.0 Å². The molecule has 0 unspecified atom stereocenters. The zero-order valence-electron chi connectivity index (χ0n) is 11.9. The van der Waals surface area contributed by atoms with Crippen LogP contribution in [0.1, 0.15) is 16.1 Å². The minimum atomic E-state index is -0.362. The largest absolute Gasteiger partial charge is 0.345 e. The summed E-state index contributed by atoms with van der Waals surface area (Å²) < 4.78 is 2.47. The molecule has 0 radical (unpaired) electrons. The quantitative estimate of drug-likeness (QED) is 0.774. The Balaban J connectivity index is 1.71. The maximum absolute atomic E-state index is 11.9. The maximum atomic E-state index is 11.9. The van der Waals surface area contributed by atoms with Gasteiger partial charge in [0.1, 0.15) is 5.69 Å². The zero-order chi connectivity index (χ0) is 15.9. The number of halogens is 1. The Hall–Kier alpha value is -1.80. The number of nitrogens with one attached hydrogen (secondary N) is 2. The Labute approximate surface area is 140 Å². The van der Waals surface area contributed by atoms with E-state index in [1.807, 2.05) is 12.1 Å². The van der Waals surface area contributed by atoms with E-state index in [2.05, 4.69) is 31.8 Å². The summed E-state index contributed by atoms with van der Waals surface area (Å²) in [5, 5.41) is 0. The Morgan fingerprint density at radius 2 is 2.23 bits per heavy atom. The van der Waals surface area contributed by atoms with Crippen molar-refractivity contribution in [1.82, 2.24) is 20.4 Å². The van der Waals surface area contributed by atoms with E-state index in [9.17, 15) is 9.59 Å². The van der Waals surface area contributed by atoms with Crippen LogP contribution in [0.2, 0.25) is 0 Å². The fourth-order valence-corrected chi connectivity index (χ4v) is 3.01. The van der Waals surface area contributed by atoms with Gasteiger partial charge in [0.2, 0.25) is 5.91 Å². The first kappa shape index (κ1) is 16.6. The van der Waals surface area contributed by atoms with Gasteiger partial charge < -0.3 is 4.57 Å². The monoisotopic (exact) mass is 382 g/mol. The molecule has 2 N–H and O–H groups in total. The van der Waals surface area contributed by atoms with E-state index in [1.54, 1.807) is 36.3 Å². The molecule has 0 aliphatic carbocycles. The van der Waals surface area contributed by atoms with Gasteiger partial charge in [0.05, 0.1) is 5.75 Å². The van der Waals surface area contributed by atoms with Gasteiger partial charge in [-0.15, -0.1) is 11.8 Å². The molecule has 0 aliphatic heterocycles. The summed E-state index contributed by atoms with van der Waals surface area (Å²) in [6.45, 7) is 0. The lowest BCUT2D eigenvalue weighted by Crippen LogP contribution is -2.43. The second-order valence-electron chi connectivity index (χ2n) is 4.51. The molecule has 0 fully saturated rings. The van der Waals surface area contributed by atoms with E-state index in [0.29, 0.717) is 11.4 Å². The molecular weight excluding hydrogens is 368 g/mol. The highest BCUT2D eigenvalue weighted by Gasteiger charge is 2.11. The highest BCUT2D eigenvalue weighted by atomic mass is 79.9. The minimum absolute atomic E-state index is 0.254. The van der Waals surface area contributed by atoms with E-state index in [-0.39, 0.29) is 17.6 Å². The van der Waals surface area contributed by atoms with Crippen molar-refractivity contribution in [3.8, 4) is 0 Å². The number of hydrogen-bond donors (Lipinski definition) is 2. The molecule has 6 nitrogen and oxygen atoms in total. The third-order valence-electron chi connectivity index (χ3n) is 2.74. The minimum Gasteiger partial charge on any atom is -0.345 e. The smallest absolute Gasteiger partial charge is 0.286 e. The first-order valence-electron chi connectivity index (χ1n) is 6.44. The number of hydrogen-bond acceptors (Lipinski definition) is 4. The normalized spacial score (nSPS) is 10.3. The van der Waals surface area contributed by atoms with Crippen molar-refractivity contribution in [1.29, 1.82) is 0 Å². The van der Waals surface area contributed by atoms with Gasteiger partial charge in [-0.25, -0.2) is 0 Å². The maximum Gasteiger partial charge on any atom is 0.286 e. The molecule has 0 spiro atoms. The van der Waals surface area contributed by atoms with Gasteiger partial charge in [-0.1, -0.05) is 6.07 Å². The van der Waals surface area contributed by atoms with Crippen molar-refractivity contribution >= 4 is 39.5 Å². The Bertz CT molecular complexity index is 660.